The van der Waals surface area contributed by atoms with E-state index in [9.17, 15) is 8.78 Å². The van der Waals surface area contributed by atoms with Gasteiger partial charge in [-0.05, 0) is 24.7 Å². The Kier molecular flexibility index (Phi) is 5.74. The lowest BCUT2D eigenvalue weighted by molar-refractivity contribution is 0.0668. The molecule has 1 aromatic heterocycles. The van der Waals surface area contributed by atoms with Crippen molar-refractivity contribution < 1.29 is 8.78 Å². The number of rotatable bonds is 6. The molecule has 2 N–H and O–H groups in total. The van der Waals surface area contributed by atoms with Gasteiger partial charge < -0.3 is 10.6 Å². The summed E-state index contributed by atoms with van der Waals surface area (Å²) in [7, 11) is 1.68. The summed E-state index contributed by atoms with van der Waals surface area (Å²) in [5.41, 5.74) is 0.346. The van der Waals surface area contributed by atoms with Crippen molar-refractivity contribution in [3.05, 3.63) is 18.2 Å². The van der Waals surface area contributed by atoms with E-state index in [2.05, 4.69) is 27.5 Å². The summed E-state index contributed by atoms with van der Waals surface area (Å²) in [5, 5.41) is 6.38. The first-order valence-electron chi connectivity index (χ1n) is 7.84. The van der Waals surface area contributed by atoms with E-state index in [-0.39, 0.29) is 6.54 Å². The number of imidazole rings is 1. The predicted octanol–water partition coefficient (Wildman–Crippen LogP) is 2.91. The molecule has 124 valence electrons. The van der Waals surface area contributed by atoms with E-state index in [1.54, 1.807) is 7.05 Å². The topological polar surface area (TPSA) is 54.2 Å². The van der Waals surface area contributed by atoms with Crippen LogP contribution in [0.1, 0.15) is 51.4 Å². The average molecular weight is 313 g/mol. The molecule has 1 aliphatic carbocycles. The van der Waals surface area contributed by atoms with Crippen molar-refractivity contribution in [2.24, 2.45) is 10.4 Å². The molecule has 1 fully saturated rings. The van der Waals surface area contributed by atoms with Gasteiger partial charge in [0.2, 0.25) is 0 Å². The fourth-order valence-corrected chi connectivity index (χ4v) is 3.09. The van der Waals surface area contributed by atoms with E-state index < -0.39 is 6.55 Å². The number of nitrogens with one attached hydrogen (secondary N) is 2. The van der Waals surface area contributed by atoms with Gasteiger partial charge in [-0.15, -0.1) is 0 Å². The quantitative estimate of drug-likeness (QED) is 0.627. The third-order valence-electron chi connectivity index (χ3n) is 4.64. The Balaban J connectivity index is 1.86. The lowest BCUT2D eigenvalue weighted by atomic mass is 9.83. The van der Waals surface area contributed by atoms with Crippen LogP contribution in [0.15, 0.2) is 17.4 Å². The van der Waals surface area contributed by atoms with Gasteiger partial charge in [0.1, 0.15) is 5.82 Å². The van der Waals surface area contributed by atoms with Crippen LogP contribution in [0.2, 0.25) is 0 Å². The summed E-state index contributed by atoms with van der Waals surface area (Å²) < 4.78 is 26.4. The molecule has 7 heteroatoms. The summed E-state index contributed by atoms with van der Waals surface area (Å²) >= 11 is 0. The Bertz CT molecular complexity index is 492. The van der Waals surface area contributed by atoms with Crippen LogP contribution in [0, 0.1) is 5.41 Å². The predicted molar refractivity (Wildman–Crippen MR) is 82.9 cm³/mol. The van der Waals surface area contributed by atoms with Crippen LogP contribution in [-0.2, 0) is 6.54 Å². The van der Waals surface area contributed by atoms with Gasteiger partial charge in [-0.1, -0.05) is 19.8 Å². The first-order chi connectivity index (χ1) is 10.6. The average Bonchev–Trinajstić information content (AvgIpc) is 3.17. The van der Waals surface area contributed by atoms with Crippen molar-refractivity contribution in [2.45, 2.75) is 52.1 Å². The van der Waals surface area contributed by atoms with Crippen molar-refractivity contribution in [1.29, 1.82) is 0 Å². The smallest absolute Gasteiger partial charge is 0.319 e. The maximum absolute atomic E-state index is 12.8. The minimum atomic E-state index is -2.57. The Hall–Kier alpha value is -1.66. The van der Waals surface area contributed by atoms with Crippen LogP contribution in [-0.4, -0.2) is 29.1 Å². The second-order valence-corrected chi connectivity index (χ2v) is 5.87. The fraction of sp³-hybridized carbons (Fsp3) is 0.733. The summed E-state index contributed by atoms with van der Waals surface area (Å²) in [4.78, 5) is 8.11. The second-order valence-electron chi connectivity index (χ2n) is 5.87. The van der Waals surface area contributed by atoms with Gasteiger partial charge >= 0.3 is 6.55 Å². The van der Waals surface area contributed by atoms with E-state index in [0.717, 1.165) is 17.5 Å². The van der Waals surface area contributed by atoms with E-state index in [0.29, 0.717) is 17.2 Å². The van der Waals surface area contributed by atoms with Gasteiger partial charge in [-0.25, -0.2) is 4.98 Å². The zero-order valence-corrected chi connectivity index (χ0v) is 13.3. The van der Waals surface area contributed by atoms with Crippen molar-refractivity contribution in [3.63, 3.8) is 0 Å². The molecule has 22 heavy (non-hydrogen) atoms. The van der Waals surface area contributed by atoms with Gasteiger partial charge in [-0.3, -0.25) is 9.56 Å². The van der Waals surface area contributed by atoms with Crippen molar-refractivity contribution >= 4 is 5.96 Å². The van der Waals surface area contributed by atoms with Gasteiger partial charge in [0, 0.05) is 26.0 Å². The Labute approximate surface area is 130 Å². The summed E-state index contributed by atoms with van der Waals surface area (Å²) in [6.07, 6.45) is 8.85. The first kappa shape index (κ1) is 16.7. The van der Waals surface area contributed by atoms with Crippen molar-refractivity contribution in [1.82, 2.24) is 20.2 Å². The lowest BCUT2D eigenvalue weighted by Gasteiger charge is -2.28. The molecule has 0 spiro atoms. The molecule has 0 unspecified atom stereocenters. The number of nitrogens with zero attached hydrogens (tertiary/aromatic N) is 3. The molecular formula is C15H25F2N5. The van der Waals surface area contributed by atoms with Crippen LogP contribution in [0.5, 0.6) is 0 Å². The minimum absolute atomic E-state index is 0.218. The normalized spacial score (nSPS) is 18.0. The highest BCUT2D eigenvalue weighted by Gasteiger charge is 2.31. The number of guanidine groups is 1. The number of hydrogen-bond donors (Lipinski definition) is 2. The molecule has 1 heterocycles. The molecule has 1 aliphatic rings. The first-order valence-corrected chi connectivity index (χ1v) is 7.84. The molecule has 1 saturated carbocycles. The fourth-order valence-electron chi connectivity index (χ4n) is 3.09. The maximum atomic E-state index is 12.8. The molecule has 1 aromatic rings. The lowest BCUT2D eigenvalue weighted by Crippen LogP contribution is -2.42. The third-order valence-corrected chi connectivity index (χ3v) is 4.64. The van der Waals surface area contributed by atoms with E-state index >= 15 is 0 Å². The number of aliphatic imine (C=N–C) groups is 1. The molecule has 0 radical (unpaired) electrons. The summed E-state index contributed by atoms with van der Waals surface area (Å²) in [5.74, 6) is 0.924. The molecule has 0 aromatic carbocycles. The molecule has 0 saturated heterocycles. The van der Waals surface area contributed by atoms with E-state index in [4.69, 9.17) is 0 Å². The Morgan fingerprint density at radius 3 is 2.73 bits per heavy atom. The Morgan fingerprint density at radius 1 is 1.41 bits per heavy atom. The zero-order valence-electron chi connectivity index (χ0n) is 13.3. The Morgan fingerprint density at radius 2 is 2.14 bits per heavy atom. The molecule has 2 rings (SSSR count). The number of aromatic nitrogens is 2. The molecule has 0 aliphatic heterocycles. The minimum Gasteiger partial charge on any atom is -0.356 e. The summed E-state index contributed by atoms with van der Waals surface area (Å²) in [6.45, 7) is 0.738. The van der Waals surface area contributed by atoms with Gasteiger partial charge in [0.15, 0.2) is 5.96 Å². The second kappa shape index (κ2) is 7.56. The molecule has 5 nitrogen and oxygen atoms in total. The van der Waals surface area contributed by atoms with Crippen LogP contribution < -0.4 is 10.6 Å². The number of alkyl halides is 2. The van der Waals surface area contributed by atoms with Gasteiger partial charge in [-0.2, -0.15) is 8.78 Å². The van der Waals surface area contributed by atoms with Crippen LogP contribution in [0.3, 0.4) is 0 Å². The molecule has 0 atom stereocenters. The van der Waals surface area contributed by atoms with Crippen molar-refractivity contribution in [3.8, 4) is 0 Å². The largest absolute Gasteiger partial charge is 0.356 e. The molecular weight excluding hydrogens is 288 g/mol. The monoisotopic (exact) mass is 313 g/mol. The highest BCUT2D eigenvalue weighted by molar-refractivity contribution is 5.79. The van der Waals surface area contributed by atoms with Crippen LogP contribution in [0.25, 0.3) is 0 Å². The van der Waals surface area contributed by atoms with E-state index in [1.807, 2.05) is 0 Å². The van der Waals surface area contributed by atoms with Crippen LogP contribution in [0.4, 0.5) is 8.78 Å². The van der Waals surface area contributed by atoms with E-state index in [1.165, 1.54) is 38.1 Å². The van der Waals surface area contributed by atoms with Gasteiger partial charge in [0.05, 0.1) is 6.54 Å². The molecule has 0 amide bonds. The SMILES string of the molecule is CCC1(CNC(=NC)NCc2nccn2C(F)F)CCCC1. The van der Waals surface area contributed by atoms with Crippen LogP contribution >= 0.6 is 0 Å². The summed E-state index contributed by atoms with van der Waals surface area (Å²) in [6, 6.07) is 0. The van der Waals surface area contributed by atoms with Gasteiger partial charge in [0.25, 0.3) is 0 Å². The third kappa shape index (κ3) is 3.96. The standard InChI is InChI=1S/C15H25F2N5/c1-3-15(6-4-5-7-15)11-21-14(18-2)20-10-12-19-8-9-22(12)13(16)17/h8-9,13H,3-7,10-11H2,1-2H3,(H2,18,20,21). The number of hydrogen-bond acceptors (Lipinski definition) is 2. The highest BCUT2D eigenvalue weighted by atomic mass is 19.3. The van der Waals surface area contributed by atoms with Crippen molar-refractivity contribution in [2.75, 3.05) is 13.6 Å². The highest BCUT2D eigenvalue weighted by Crippen LogP contribution is 2.40. The zero-order chi connectivity index (χ0) is 16.0. The maximum Gasteiger partial charge on any atom is 0.319 e. The number of halogens is 2. The molecule has 0 bridgehead atoms.